The van der Waals surface area contributed by atoms with E-state index < -0.39 is 0 Å². The third-order valence-electron chi connectivity index (χ3n) is 3.65. The van der Waals surface area contributed by atoms with E-state index in [1.54, 1.807) is 17.1 Å². The van der Waals surface area contributed by atoms with E-state index in [4.69, 9.17) is 5.73 Å². The Morgan fingerprint density at radius 1 is 1.40 bits per heavy atom. The van der Waals surface area contributed by atoms with Crippen molar-refractivity contribution < 1.29 is 4.79 Å². The van der Waals surface area contributed by atoms with Gasteiger partial charge in [-0.05, 0) is 17.9 Å². The maximum absolute atomic E-state index is 12.0. The SMILES string of the molecule is Nc1cnn(CCNC(=O)C2CC2c2ccccc2)c1. The van der Waals surface area contributed by atoms with Gasteiger partial charge in [-0.15, -0.1) is 0 Å². The Labute approximate surface area is 117 Å². The van der Waals surface area contributed by atoms with Crippen molar-refractivity contribution in [2.75, 3.05) is 12.3 Å². The first kappa shape index (κ1) is 12.7. The lowest BCUT2D eigenvalue weighted by Crippen LogP contribution is -2.29. The van der Waals surface area contributed by atoms with Gasteiger partial charge in [0.15, 0.2) is 0 Å². The Bertz CT molecular complexity index is 593. The summed E-state index contributed by atoms with van der Waals surface area (Å²) in [6, 6.07) is 10.2. The predicted molar refractivity (Wildman–Crippen MR) is 76.9 cm³/mol. The van der Waals surface area contributed by atoms with E-state index in [2.05, 4.69) is 22.5 Å². The van der Waals surface area contributed by atoms with Crippen LogP contribution in [-0.2, 0) is 11.3 Å². The van der Waals surface area contributed by atoms with Crippen molar-refractivity contribution in [3.8, 4) is 0 Å². The van der Waals surface area contributed by atoms with Crippen LogP contribution in [0.3, 0.4) is 0 Å². The van der Waals surface area contributed by atoms with Crippen LogP contribution in [0.15, 0.2) is 42.7 Å². The molecule has 0 saturated heterocycles. The fourth-order valence-electron chi connectivity index (χ4n) is 2.48. The maximum atomic E-state index is 12.0. The van der Waals surface area contributed by atoms with Crippen molar-refractivity contribution in [3.63, 3.8) is 0 Å². The van der Waals surface area contributed by atoms with Crippen LogP contribution in [0.2, 0.25) is 0 Å². The minimum atomic E-state index is 0.125. The molecule has 1 aromatic heterocycles. The third kappa shape index (κ3) is 2.82. The quantitative estimate of drug-likeness (QED) is 0.862. The zero-order chi connectivity index (χ0) is 13.9. The van der Waals surface area contributed by atoms with Gasteiger partial charge in [0.2, 0.25) is 5.91 Å². The van der Waals surface area contributed by atoms with Crippen molar-refractivity contribution in [1.82, 2.24) is 15.1 Å². The highest BCUT2D eigenvalue weighted by molar-refractivity contribution is 5.82. The zero-order valence-electron chi connectivity index (χ0n) is 11.2. The normalized spacial score (nSPS) is 20.6. The number of carbonyl (C=O) groups excluding carboxylic acids is 1. The molecule has 3 rings (SSSR count). The van der Waals surface area contributed by atoms with Gasteiger partial charge in [-0.2, -0.15) is 5.10 Å². The average Bonchev–Trinajstić information content (AvgIpc) is 3.17. The highest BCUT2D eigenvalue weighted by Crippen LogP contribution is 2.47. The van der Waals surface area contributed by atoms with Gasteiger partial charge >= 0.3 is 0 Å². The fourth-order valence-corrected chi connectivity index (χ4v) is 2.48. The Morgan fingerprint density at radius 2 is 2.20 bits per heavy atom. The smallest absolute Gasteiger partial charge is 0.223 e. The lowest BCUT2D eigenvalue weighted by molar-refractivity contribution is -0.122. The second-order valence-electron chi connectivity index (χ2n) is 5.19. The summed E-state index contributed by atoms with van der Waals surface area (Å²) in [5.41, 5.74) is 7.48. The van der Waals surface area contributed by atoms with Crippen molar-refractivity contribution in [1.29, 1.82) is 0 Å². The molecule has 1 heterocycles. The molecule has 0 radical (unpaired) electrons. The van der Waals surface area contributed by atoms with Gasteiger partial charge in [-0.3, -0.25) is 9.48 Å². The number of nitrogen functional groups attached to an aromatic ring is 1. The van der Waals surface area contributed by atoms with Gasteiger partial charge in [0.1, 0.15) is 0 Å². The van der Waals surface area contributed by atoms with E-state index in [1.165, 1.54) is 5.56 Å². The Balaban J connectivity index is 1.45. The molecule has 0 bridgehead atoms. The molecule has 1 aromatic carbocycles. The van der Waals surface area contributed by atoms with Crippen molar-refractivity contribution in [2.45, 2.75) is 18.9 Å². The van der Waals surface area contributed by atoms with Crippen molar-refractivity contribution >= 4 is 11.6 Å². The van der Waals surface area contributed by atoms with Crippen LogP contribution in [0.4, 0.5) is 5.69 Å². The summed E-state index contributed by atoms with van der Waals surface area (Å²) in [5.74, 6) is 0.649. The lowest BCUT2D eigenvalue weighted by Gasteiger charge is -2.05. The van der Waals surface area contributed by atoms with Gasteiger partial charge in [0.05, 0.1) is 18.4 Å². The molecule has 3 N–H and O–H groups in total. The molecule has 2 aromatic rings. The van der Waals surface area contributed by atoms with Gasteiger partial charge < -0.3 is 11.1 Å². The summed E-state index contributed by atoms with van der Waals surface area (Å²) >= 11 is 0. The van der Waals surface area contributed by atoms with Gasteiger partial charge in [-0.25, -0.2) is 0 Å². The topological polar surface area (TPSA) is 72.9 Å². The molecule has 0 aliphatic heterocycles. The first-order valence-corrected chi connectivity index (χ1v) is 6.84. The van der Waals surface area contributed by atoms with Crippen LogP contribution in [-0.4, -0.2) is 22.2 Å². The van der Waals surface area contributed by atoms with Crippen LogP contribution < -0.4 is 11.1 Å². The Hall–Kier alpha value is -2.30. The third-order valence-corrected chi connectivity index (χ3v) is 3.65. The van der Waals surface area contributed by atoms with Crippen LogP contribution in [0.25, 0.3) is 0 Å². The average molecular weight is 270 g/mol. The second-order valence-corrected chi connectivity index (χ2v) is 5.19. The molecular formula is C15H18N4O. The number of hydrogen-bond acceptors (Lipinski definition) is 3. The number of benzene rings is 1. The molecule has 5 heteroatoms. The van der Waals surface area contributed by atoms with E-state index in [0.717, 1.165) is 6.42 Å². The number of nitrogens with zero attached hydrogens (tertiary/aromatic N) is 2. The highest BCUT2D eigenvalue weighted by Gasteiger charge is 2.43. The number of amides is 1. The van der Waals surface area contributed by atoms with Crippen LogP contribution in [0.5, 0.6) is 0 Å². The van der Waals surface area contributed by atoms with E-state index in [9.17, 15) is 4.79 Å². The lowest BCUT2D eigenvalue weighted by atomic mass is 10.1. The summed E-state index contributed by atoms with van der Waals surface area (Å²) in [6.07, 6.45) is 4.31. The number of carbonyl (C=O) groups is 1. The molecule has 1 aliphatic rings. The van der Waals surface area contributed by atoms with Gasteiger partial charge in [0.25, 0.3) is 0 Å². The number of nitrogens with two attached hydrogens (primary N) is 1. The van der Waals surface area contributed by atoms with E-state index in [-0.39, 0.29) is 11.8 Å². The number of rotatable bonds is 5. The van der Waals surface area contributed by atoms with Crippen molar-refractivity contribution in [3.05, 3.63) is 48.3 Å². The predicted octanol–water partition coefficient (Wildman–Crippen LogP) is 1.39. The first-order chi connectivity index (χ1) is 9.74. The molecule has 1 amide bonds. The first-order valence-electron chi connectivity index (χ1n) is 6.84. The van der Waals surface area contributed by atoms with Crippen molar-refractivity contribution in [2.24, 2.45) is 5.92 Å². The van der Waals surface area contributed by atoms with Crippen LogP contribution >= 0.6 is 0 Å². The summed E-state index contributed by atoms with van der Waals surface area (Å²) < 4.78 is 1.73. The monoisotopic (exact) mass is 270 g/mol. The Morgan fingerprint density at radius 3 is 2.90 bits per heavy atom. The molecule has 1 saturated carbocycles. The molecule has 1 aliphatic carbocycles. The molecular weight excluding hydrogens is 252 g/mol. The van der Waals surface area contributed by atoms with E-state index >= 15 is 0 Å². The molecule has 2 atom stereocenters. The summed E-state index contributed by atoms with van der Waals surface area (Å²) in [6.45, 7) is 1.23. The fraction of sp³-hybridized carbons (Fsp3) is 0.333. The minimum absolute atomic E-state index is 0.125. The summed E-state index contributed by atoms with van der Waals surface area (Å²) in [4.78, 5) is 12.0. The standard InChI is InChI=1S/C15H18N4O/c16-12-9-18-19(10-12)7-6-17-15(20)14-8-13(14)11-4-2-1-3-5-11/h1-5,9-10,13-14H,6-8,16H2,(H,17,20). The molecule has 20 heavy (non-hydrogen) atoms. The summed E-state index contributed by atoms with van der Waals surface area (Å²) in [5, 5.41) is 7.04. The molecule has 2 unspecified atom stereocenters. The second kappa shape index (κ2) is 5.36. The largest absolute Gasteiger partial charge is 0.396 e. The number of nitrogens with one attached hydrogen (secondary N) is 1. The number of aromatic nitrogens is 2. The van der Waals surface area contributed by atoms with E-state index in [1.807, 2.05) is 18.2 Å². The molecule has 1 fully saturated rings. The van der Waals surface area contributed by atoms with Gasteiger partial charge in [-0.1, -0.05) is 30.3 Å². The summed E-state index contributed by atoms with van der Waals surface area (Å²) in [7, 11) is 0. The maximum Gasteiger partial charge on any atom is 0.223 e. The zero-order valence-corrected chi connectivity index (χ0v) is 11.2. The highest BCUT2D eigenvalue weighted by atomic mass is 16.2. The molecule has 0 spiro atoms. The minimum Gasteiger partial charge on any atom is -0.396 e. The molecule has 5 nitrogen and oxygen atoms in total. The number of hydrogen-bond donors (Lipinski definition) is 2. The number of anilines is 1. The van der Waals surface area contributed by atoms with Crippen LogP contribution in [0, 0.1) is 5.92 Å². The Kier molecular flexibility index (Phi) is 3.41. The van der Waals surface area contributed by atoms with E-state index in [0.29, 0.717) is 24.7 Å². The van der Waals surface area contributed by atoms with Crippen LogP contribution in [0.1, 0.15) is 17.9 Å². The molecule has 104 valence electrons. The van der Waals surface area contributed by atoms with Gasteiger partial charge in [0, 0.05) is 18.7 Å².